The van der Waals surface area contributed by atoms with Gasteiger partial charge in [-0.25, -0.2) is 4.98 Å². The molecule has 2 aromatic carbocycles. The van der Waals surface area contributed by atoms with Gasteiger partial charge < -0.3 is 19.8 Å². The lowest BCUT2D eigenvalue weighted by Gasteiger charge is -2.11. The number of H-pyrrole nitrogens is 1. The lowest BCUT2D eigenvalue weighted by molar-refractivity contribution is -0.274. The smallest absolute Gasteiger partial charge is 0.484 e. The number of imidazole rings is 1. The molecule has 0 aliphatic carbocycles. The lowest BCUT2D eigenvalue weighted by Crippen LogP contribution is -2.30. The van der Waals surface area contributed by atoms with Crippen LogP contribution in [0.15, 0.2) is 48.5 Å². The van der Waals surface area contributed by atoms with Gasteiger partial charge in [-0.3, -0.25) is 4.79 Å². The van der Waals surface area contributed by atoms with Crippen molar-refractivity contribution in [2.45, 2.75) is 12.8 Å². The second kappa shape index (κ2) is 7.98. The van der Waals surface area contributed by atoms with Crippen LogP contribution in [-0.4, -0.2) is 35.4 Å². The zero-order chi connectivity index (χ0) is 19.3. The molecule has 0 saturated heterocycles. The average molecular weight is 379 g/mol. The summed E-state index contributed by atoms with van der Waals surface area (Å²) in [5.41, 5.74) is 1.77. The number of hydrogen-bond acceptors (Lipinski definition) is 4. The van der Waals surface area contributed by atoms with Crippen LogP contribution in [0.25, 0.3) is 11.0 Å². The molecule has 0 radical (unpaired) electrons. The summed E-state index contributed by atoms with van der Waals surface area (Å²) in [4.78, 5) is 19.4. The first-order valence-electron chi connectivity index (χ1n) is 8.08. The summed E-state index contributed by atoms with van der Waals surface area (Å²) in [6, 6.07) is 12.6. The summed E-state index contributed by atoms with van der Waals surface area (Å²) in [6.45, 7) is 0.0227. The number of aromatic amines is 1. The number of benzene rings is 2. The fourth-order valence-electron chi connectivity index (χ4n) is 2.41. The van der Waals surface area contributed by atoms with E-state index in [0.717, 1.165) is 29.0 Å². The Morgan fingerprint density at radius 2 is 1.89 bits per heavy atom. The van der Waals surface area contributed by atoms with Gasteiger partial charge in [0.1, 0.15) is 17.3 Å². The molecule has 9 heteroatoms. The molecule has 0 fully saturated rings. The number of aromatic nitrogens is 2. The minimum absolute atomic E-state index is 0.101. The van der Waals surface area contributed by atoms with Crippen LogP contribution >= 0.6 is 0 Å². The highest BCUT2D eigenvalue weighted by molar-refractivity contribution is 5.77. The van der Waals surface area contributed by atoms with Gasteiger partial charge in [0.05, 0.1) is 11.0 Å². The van der Waals surface area contributed by atoms with Gasteiger partial charge in [-0.1, -0.05) is 18.2 Å². The van der Waals surface area contributed by atoms with Crippen molar-refractivity contribution in [1.29, 1.82) is 0 Å². The number of amides is 1. The van der Waals surface area contributed by atoms with Crippen molar-refractivity contribution in [3.05, 3.63) is 54.4 Å². The van der Waals surface area contributed by atoms with E-state index in [1.807, 2.05) is 24.3 Å². The Balaban J connectivity index is 1.43. The van der Waals surface area contributed by atoms with Crippen molar-refractivity contribution in [1.82, 2.24) is 15.3 Å². The van der Waals surface area contributed by atoms with Gasteiger partial charge >= 0.3 is 6.36 Å². The summed E-state index contributed by atoms with van der Waals surface area (Å²) in [6.07, 6.45) is -4.28. The second-order valence-electron chi connectivity index (χ2n) is 5.61. The number of rotatable bonds is 7. The molecule has 3 rings (SSSR count). The van der Waals surface area contributed by atoms with Crippen molar-refractivity contribution in [2.75, 3.05) is 13.2 Å². The summed E-state index contributed by atoms with van der Waals surface area (Å²) in [5.74, 6) is 0.0390. The van der Waals surface area contributed by atoms with Crippen molar-refractivity contribution in [2.24, 2.45) is 0 Å². The molecule has 1 aromatic heterocycles. The van der Waals surface area contributed by atoms with E-state index in [1.165, 1.54) is 12.1 Å². The molecule has 0 saturated carbocycles. The number of alkyl halides is 3. The van der Waals surface area contributed by atoms with Gasteiger partial charge in [0, 0.05) is 19.0 Å². The fraction of sp³-hybridized carbons (Fsp3) is 0.222. The SMILES string of the molecule is O=C(COc1cccc(OC(F)(F)F)c1)NCCc1nc2ccccc2[nH]1. The Labute approximate surface area is 152 Å². The monoisotopic (exact) mass is 379 g/mol. The molecule has 142 valence electrons. The molecule has 6 nitrogen and oxygen atoms in total. The van der Waals surface area contributed by atoms with Crippen molar-refractivity contribution in [3.63, 3.8) is 0 Å². The summed E-state index contributed by atoms with van der Waals surface area (Å²) >= 11 is 0. The number of para-hydroxylation sites is 2. The third-order valence-electron chi connectivity index (χ3n) is 3.53. The number of ether oxygens (including phenoxy) is 2. The zero-order valence-electron chi connectivity index (χ0n) is 14.0. The van der Waals surface area contributed by atoms with Crippen molar-refractivity contribution in [3.8, 4) is 11.5 Å². The fourth-order valence-corrected chi connectivity index (χ4v) is 2.41. The molecule has 0 spiro atoms. The normalized spacial score (nSPS) is 11.4. The predicted molar refractivity (Wildman–Crippen MR) is 91.4 cm³/mol. The molecule has 0 aliphatic heterocycles. The number of halogens is 3. The van der Waals surface area contributed by atoms with E-state index in [2.05, 4.69) is 20.0 Å². The maximum absolute atomic E-state index is 12.2. The molecule has 0 unspecified atom stereocenters. The number of nitrogens with zero attached hydrogens (tertiary/aromatic N) is 1. The molecule has 1 heterocycles. The molecule has 1 amide bonds. The summed E-state index contributed by atoms with van der Waals surface area (Å²) in [7, 11) is 0. The first-order valence-corrected chi connectivity index (χ1v) is 8.08. The van der Waals surface area contributed by atoms with Gasteiger partial charge in [-0.2, -0.15) is 0 Å². The molecular weight excluding hydrogens is 363 g/mol. The maximum Gasteiger partial charge on any atom is 0.573 e. The van der Waals surface area contributed by atoms with Gasteiger partial charge in [0.2, 0.25) is 0 Å². The third kappa shape index (κ3) is 5.63. The Hall–Kier alpha value is -3.23. The van der Waals surface area contributed by atoms with Crippen LogP contribution in [0, 0.1) is 0 Å². The van der Waals surface area contributed by atoms with E-state index < -0.39 is 18.0 Å². The molecule has 0 bridgehead atoms. The van der Waals surface area contributed by atoms with Crippen LogP contribution < -0.4 is 14.8 Å². The molecule has 0 atom stereocenters. The number of fused-ring (bicyclic) bond motifs is 1. The number of hydrogen-bond donors (Lipinski definition) is 2. The van der Waals surface area contributed by atoms with Crippen LogP contribution in [0.1, 0.15) is 5.82 Å². The van der Waals surface area contributed by atoms with E-state index >= 15 is 0 Å². The Bertz CT molecular complexity index is 892. The van der Waals surface area contributed by atoms with Crippen molar-refractivity contribution >= 4 is 16.9 Å². The predicted octanol–water partition coefficient (Wildman–Crippen LogP) is 3.20. The highest BCUT2D eigenvalue weighted by atomic mass is 19.4. The van der Waals surface area contributed by atoms with E-state index in [1.54, 1.807) is 0 Å². The van der Waals surface area contributed by atoms with Crippen molar-refractivity contribution < 1.29 is 27.4 Å². The number of carbonyl (C=O) groups excluding carboxylic acids is 1. The van der Waals surface area contributed by atoms with Crippen LogP contribution in [0.4, 0.5) is 13.2 Å². The highest BCUT2D eigenvalue weighted by Crippen LogP contribution is 2.25. The Morgan fingerprint density at radius 1 is 1.11 bits per heavy atom. The molecular formula is C18H16F3N3O3. The quantitative estimate of drug-likeness (QED) is 0.661. The first kappa shape index (κ1) is 18.6. The van der Waals surface area contributed by atoms with Crippen LogP contribution in [0.3, 0.4) is 0 Å². The summed E-state index contributed by atoms with van der Waals surface area (Å²) < 4.78 is 45.6. The molecule has 27 heavy (non-hydrogen) atoms. The molecule has 2 N–H and O–H groups in total. The van der Waals surface area contributed by atoms with Gasteiger partial charge in [-0.15, -0.1) is 13.2 Å². The van der Waals surface area contributed by atoms with Gasteiger partial charge in [0.15, 0.2) is 6.61 Å². The minimum Gasteiger partial charge on any atom is -0.484 e. The van der Waals surface area contributed by atoms with Crippen LogP contribution in [0.2, 0.25) is 0 Å². The zero-order valence-corrected chi connectivity index (χ0v) is 14.0. The van der Waals surface area contributed by atoms with Gasteiger partial charge in [0.25, 0.3) is 5.91 Å². The van der Waals surface area contributed by atoms with E-state index in [0.29, 0.717) is 13.0 Å². The standard InChI is InChI=1S/C18H16F3N3O3/c19-18(20,21)27-13-5-3-4-12(10-13)26-11-17(25)22-9-8-16-23-14-6-1-2-7-15(14)24-16/h1-7,10H,8-9,11H2,(H,22,25)(H,23,24). The minimum atomic E-state index is -4.79. The van der Waals surface area contributed by atoms with E-state index in [-0.39, 0.29) is 12.4 Å². The van der Waals surface area contributed by atoms with Gasteiger partial charge in [-0.05, 0) is 24.3 Å². The summed E-state index contributed by atoms with van der Waals surface area (Å²) in [5, 5.41) is 2.66. The third-order valence-corrected chi connectivity index (χ3v) is 3.53. The molecule has 3 aromatic rings. The Kier molecular flexibility index (Phi) is 5.49. The number of nitrogens with one attached hydrogen (secondary N) is 2. The first-order chi connectivity index (χ1) is 12.9. The lowest BCUT2D eigenvalue weighted by atomic mass is 10.3. The van der Waals surface area contributed by atoms with E-state index in [4.69, 9.17) is 4.74 Å². The highest BCUT2D eigenvalue weighted by Gasteiger charge is 2.31. The largest absolute Gasteiger partial charge is 0.573 e. The maximum atomic E-state index is 12.2. The van der Waals surface area contributed by atoms with Crippen LogP contribution in [0.5, 0.6) is 11.5 Å². The molecule has 0 aliphatic rings. The second-order valence-corrected chi connectivity index (χ2v) is 5.61. The average Bonchev–Trinajstić information content (AvgIpc) is 3.01. The number of carbonyl (C=O) groups is 1. The Morgan fingerprint density at radius 3 is 2.67 bits per heavy atom. The topological polar surface area (TPSA) is 76.2 Å². The van der Waals surface area contributed by atoms with E-state index in [9.17, 15) is 18.0 Å². The van der Waals surface area contributed by atoms with Crippen LogP contribution in [-0.2, 0) is 11.2 Å².